The Labute approximate surface area is 160 Å². The summed E-state index contributed by atoms with van der Waals surface area (Å²) < 4.78 is 32.0. The topological polar surface area (TPSA) is 69.4 Å². The number of rotatable bonds is 7. The predicted octanol–water partition coefficient (Wildman–Crippen LogP) is 3.11. The van der Waals surface area contributed by atoms with Gasteiger partial charge in [0, 0.05) is 13.0 Å². The average molecular weight is 390 g/mol. The van der Waals surface area contributed by atoms with Gasteiger partial charge in [0.15, 0.2) is 9.84 Å². The third kappa shape index (κ3) is 2.96. The van der Waals surface area contributed by atoms with Crippen LogP contribution in [0.15, 0.2) is 59.5 Å². The van der Waals surface area contributed by atoms with Crippen LogP contribution in [0.5, 0.6) is 0 Å². The molecule has 0 spiro atoms. The molecule has 0 unspecified atom stereocenters. The second-order valence-corrected chi connectivity index (χ2v) is 9.20. The fraction of sp³-hybridized carbons (Fsp3) is 0.350. The lowest BCUT2D eigenvalue weighted by Gasteiger charge is -2.16. The van der Waals surface area contributed by atoms with E-state index in [1.807, 2.05) is 24.3 Å². The average Bonchev–Trinajstić information content (AvgIpc) is 3.34. The predicted molar refractivity (Wildman–Crippen MR) is 107 cm³/mol. The number of hydrogen-bond acceptors (Lipinski definition) is 4. The third-order valence-electron chi connectivity index (χ3n) is 5.25. The number of aryl methyl sites for hydroxylation is 1. The van der Waals surface area contributed by atoms with Crippen molar-refractivity contribution in [3.05, 3.63) is 65.7 Å². The molecule has 1 aliphatic carbocycles. The number of thiocarbonyl (C=S) groups is 1. The molecule has 138 valence electrons. The second-order valence-electron chi connectivity index (χ2n) is 6.69. The van der Waals surface area contributed by atoms with Crippen LogP contribution in [0.25, 0.3) is 0 Å². The van der Waals surface area contributed by atoms with E-state index >= 15 is 0 Å². The molecule has 4 nitrogen and oxygen atoms in total. The van der Waals surface area contributed by atoms with E-state index in [-0.39, 0.29) is 22.4 Å². The Balaban J connectivity index is 2.09. The first kappa shape index (κ1) is 19.0. The van der Waals surface area contributed by atoms with Crippen LogP contribution in [0, 0.1) is 5.41 Å². The van der Waals surface area contributed by atoms with Crippen LogP contribution < -0.4 is 5.73 Å². The maximum absolute atomic E-state index is 13.3. The lowest BCUT2D eigenvalue weighted by molar-refractivity contribution is 0.166. The largest absolute Gasteiger partial charge is 0.393 e. The van der Waals surface area contributed by atoms with Gasteiger partial charge in [0.2, 0.25) is 0 Å². The Morgan fingerprint density at radius 2 is 1.77 bits per heavy atom. The molecule has 0 heterocycles. The maximum atomic E-state index is 13.3. The van der Waals surface area contributed by atoms with Crippen molar-refractivity contribution in [2.24, 2.45) is 11.1 Å². The summed E-state index contributed by atoms with van der Waals surface area (Å²) in [7, 11) is -2.06. The molecule has 3 rings (SSSR count). The van der Waals surface area contributed by atoms with E-state index in [1.54, 1.807) is 37.4 Å². The van der Waals surface area contributed by atoms with Gasteiger partial charge in [0.25, 0.3) is 0 Å². The van der Waals surface area contributed by atoms with Crippen LogP contribution in [0.2, 0.25) is 0 Å². The van der Waals surface area contributed by atoms with Crippen molar-refractivity contribution < 1.29 is 13.2 Å². The monoisotopic (exact) mass is 389 g/mol. The fourth-order valence-corrected chi connectivity index (χ4v) is 6.62. The highest BCUT2D eigenvalue weighted by molar-refractivity contribution is 7.92. The van der Waals surface area contributed by atoms with Crippen molar-refractivity contribution >= 4 is 27.0 Å². The molecule has 26 heavy (non-hydrogen) atoms. The first-order chi connectivity index (χ1) is 12.4. The Kier molecular flexibility index (Phi) is 5.19. The summed E-state index contributed by atoms with van der Waals surface area (Å²) in [4.78, 5) is 0.475. The van der Waals surface area contributed by atoms with Crippen molar-refractivity contribution in [3.8, 4) is 0 Å². The highest BCUT2D eigenvalue weighted by Crippen LogP contribution is 2.64. The minimum absolute atomic E-state index is 0.180. The molecule has 2 aromatic rings. The molecule has 1 aliphatic rings. The zero-order valence-corrected chi connectivity index (χ0v) is 16.5. The van der Waals surface area contributed by atoms with Gasteiger partial charge < -0.3 is 10.5 Å². The summed E-state index contributed by atoms with van der Waals surface area (Å²) in [6.45, 7) is 2.26. The summed E-state index contributed by atoms with van der Waals surface area (Å²) in [5.41, 5.74) is 7.30. The highest BCUT2D eigenvalue weighted by atomic mass is 32.2. The quantitative estimate of drug-likeness (QED) is 0.737. The Morgan fingerprint density at radius 1 is 1.15 bits per heavy atom. The van der Waals surface area contributed by atoms with Gasteiger partial charge in [-0.2, -0.15) is 0 Å². The molecule has 0 saturated heterocycles. The van der Waals surface area contributed by atoms with Crippen LogP contribution in [0.4, 0.5) is 0 Å². The molecule has 0 aliphatic heterocycles. The van der Waals surface area contributed by atoms with Gasteiger partial charge in [-0.05, 0) is 29.7 Å². The van der Waals surface area contributed by atoms with Gasteiger partial charge in [-0.1, -0.05) is 61.6 Å². The molecular weight excluding hydrogens is 366 g/mol. The molecule has 0 aromatic heterocycles. The van der Waals surface area contributed by atoms with Gasteiger partial charge in [-0.15, -0.1) is 0 Å². The summed E-state index contributed by atoms with van der Waals surface area (Å²) in [5.74, 6) is -0.309. The van der Waals surface area contributed by atoms with Gasteiger partial charge in [0.05, 0.1) is 27.2 Å². The number of benzene rings is 2. The molecule has 0 radical (unpaired) electrons. The Bertz CT molecular complexity index is 894. The smallest absolute Gasteiger partial charge is 0.182 e. The van der Waals surface area contributed by atoms with Crippen LogP contribution in [0.1, 0.15) is 24.0 Å². The van der Waals surface area contributed by atoms with E-state index in [0.717, 1.165) is 12.0 Å². The van der Waals surface area contributed by atoms with Gasteiger partial charge in [-0.3, -0.25) is 0 Å². The Hall–Kier alpha value is -1.76. The standard InChI is InChI=1S/C20H23NO3S2/c1-3-14-9-11-15(12-10-14)17-18(20(17,13-24-2)19(21)25)26(22,23)16-7-5-4-6-8-16/h4-12,17-18H,3,13H2,1-2H3,(H2,21,25)/t17-,18+,20-/m0/s1. The van der Waals surface area contributed by atoms with E-state index in [4.69, 9.17) is 22.7 Å². The van der Waals surface area contributed by atoms with Crippen molar-refractivity contribution in [2.75, 3.05) is 13.7 Å². The normalized spacial score (nSPS) is 25.0. The molecule has 6 heteroatoms. The molecule has 0 amide bonds. The zero-order chi connectivity index (χ0) is 18.9. The van der Waals surface area contributed by atoms with Crippen molar-refractivity contribution in [1.82, 2.24) is 0 Å². The molecule has 0 bridgehead atoms. The lowest BCUT2D eigenvalue weighted by atomic mass is 9.98. The number of hydrogen-bond donors (Lipinski definition) is 1. The first-order valence-electron chi connectivity index (χ1n) is 8.56. The molecular formula is C20H23NO3S2. The number of sulfone groups is 1. The number of ether oxygens (including phenoxy) is 1. The van der Waals surface area contributed by atoms with Crippen LogP contribution >= 0.6 is 12.2 Å². The lowest BCUT2D eigenvalue weighted by Crippen LogP contribution is -2.33. The highest BCUT2D eigenvalue weighted by Gasteiger charge is 2.73. The molecule has 2 aromatic carbocycles. The maximum Gasteiger partial charge on any atom is 0.182 e. The molecule has 1 saturated carbocycles. The summed E-state index contributed by atoms with van der Waals surface area (Å²) >= 11 is 5.31. The van der Waals surface area contributed by atoms with Crippen molar-refractivity contribution in [2.45, 2.75) is 29.4 Å². The first-order valence-corrected chi connectivity index (χ1v) is 10.5. The zero-order valence-electron chi connectivity index (χ0n) is 14.9. The van der Waals surface area contributed by atoms with Gasteiger partial charge in [-0.25, -0.2) is 8.42 Å². The minimum atomic E-state index is -3.60. The molecule has 3 atom stereocenters. The van der Waals surface area contributed by atoms with Crippen LogP contribution in [-0.2, 0) is 21.0 Å². The molecule has 1 fully saturated rings. The second kappa shape index (κ2) is 7.10. The van der Waals surface area contributed by atoms with E-state index in [9.17, 15) is 8.42 Å². The van der Waals surface area contributed by atoms with Crippen molar-refractivity contribution in [1.29, 1.82) is 0 Å². The van der Waals surface area contributed by atoms with Crippen LogP contribution in [0.3, 0.4) is 0 Å². The van der Waals surface area contributed by atoms with Gasteiger partial charge >= 0.3 is 0 Å². The minimum Gasteiger partial charge on any atom is -0.393 e. The van der Waals surface area contributed by atoms with E-state index in [1.165, 1.54) is 5.56 Å². The summed E-state index contributed by atoms with van der Waals surface area (Å²) in [6, 6.07) is 16.5. The fourth-order valence-electron chi connectivity index (χ4n) is 3.83. The van der Waals surface area contributed by atoms with E-state index < -0.39 is 20.5 Å². The number of nitrogens with two attached hydrogens (primary N) is 1. The summed E-state index contributed by atoms with van der Waals surface area (Å²) in [6.07, 6.45) is 0.926. The van der Waals surface area contributed by atoms with Crippen LogP contribution in [-0.4, -0.2) is 32.4 Å². The number of methoxy groups -OCH3 is 1. The third-order valence-corrected chi connectivity index (χ3v) is 7.92. The Morgan fingerprint density at radius 3 is 2.27 bits per heavy atom. The molecule has 2 N–H and O–H groups in total. The van der Waals surface area contributed by atoms with Crippen molar-refractivity contribution in [3.63, 3.8) is 0 Å². The summed E-state index contributed by atoms with van der Waals surface area (Å²) in [5, 5.41) is -0.720. The SMILES string of the molecule is CCc1ccc([C@H]2[C@@H](S(=O)(=O)c3ccccc3)[C@@]2(COC)C(N)=S)cc1. The van der Waals surface area contributed by atoms with E-state index in [0.29, 0.717) is 0 Å². The van der Waals surface area contributed by atoms with Gasteiger partial charge in [0.1, 0.15) is 0 Å². The van der Waals surface area contributed by atoms with E-state index in [2.05, 4.69) is 6.92 Å².